The van der Waals surface area contributed by atoms with Crippen LogP contribution >= 0.6 is 0 Å². The number of fused-ring (bicyclic) bond motifs is 1. The fraction of sp³-hybridized carbons (Fsp3) is 0.444. The Labute approximate surface area is 126 Å². The third-order valence-electron chi connectivity index (χ3n) is 3.81. The van der Waals surface area contributed by atoms with Crippen LogP contribution in [0.25, 0.3) is 0 Å². The minimum Gasteiger partial charge on any atom is -0.493 e. The number of nitrogens with one attached hydrogen (secondary N) is 1. The highest BCUT2D eigenvalue weighted by Crippen LogP contribution is 2.33. The van der Waals surface area contributed by atoms with Crippen molar-refractivity contribution in [2.45, 2.75) is 39.2 Å². The number of anilines is 1. The van der Waals surface area contributed by atoms with Crippen molar-refractivity contribution in [3.8, 4) is 5.75 Å². The summed E-state index contributed by atoms with van der Waals surface area (Å²) in [6.07, 6.45) is 5.16. The first-order valence-electron chi connectivity index (χ1n) is 7.78. The van der Waals surface area contributed by atoms with Crippen LogP contribution in [-0.4, -0.2) is 6.61 Å². The Bertz CT molecular complexity index is 588. The molecule has 3 rings (SSSR count). The topological polar surface area (TPSA) is 34.4 Å². The molecule has 1 aromatic carbocycles. The van der Waals surface area contributed by atoms with Gasteiger partial charge in [-0.2, -0.15) is 0 Å². The van der Waals surface area contributed by atoms with E-state index in [-0.39, 0.29) is 0 Å². The lowest BCUT2D eigenvalue weighted by Gasteiger charge is -2.24. The fourth-order valence-corrected chi connectivity index (χ4v) is 2.78. The van der Waals surface area contributed by atoms with Gasteiger partial charge in [-0.3, -0.25) is 0 Å². The largest absolute Gasteiger partial charge is 0.493 e. The molecule has 1 heterocycles. The lowest BCUT2D eigenvalue weighted by atomic mass is 9.93. The zero-order valence-corrected chi connectivity index (χ0v) is 12.8. The highest BCUT2D eigenvalue weighted by molar-refractivity contribution is 5.50. The fourth-order valence-electron chi connectivity index (χ4n) is 2.78. The van der Waals surface area contributed by atoms with Crippen LogP contribution in [0.5, 0.6) is 5.75 Å². The number of ether oxygens (including phenoxy) is 1. The minimum atomic E-state index is 0.341. The van der Waals surface area contributed by atoms with E-state index in [1.54, 1.807) is 6.26 Å². The molecule has 112 valence electrons. The maximum atomic E-state index is 5.79. The molecule has 1 aromatic heterocycles. The zero-order valence-electron chi connectivity index (χ0n) is 12.8. The van der Waals surface area contributed by atoms with Crippen molar-refractivity contribution in [3.63, 3.8) is 0 Å². The summed E-state index contributed by atoms with van der Waals surface area (Å²) >= 11 is 0. The number of hydrogen-bond acceptors (Lipinski definition) is 3. The molecule has 1 aliphatic carbocycles. The maximum Gasteiger partial charge on any atom is 0.121 e. The van der Waals surface area contributed by atoms with Gasteiger partial charge in [-0.25, -0.2) is 0 Å². The molecule has 0 saturated carbocycles. The van der Waals surface area contributed by atoms with E-state index < -0.39 is 0 Å². The van der Waals surface area contributed by atoms with Crippen LogP contribution in [-0.2, 0) is 6.42 Å². The Hall–Kier alpha value is -1.90. The Morgan fingerprint density at radius 1 is 1.33 bits per heavy atom. The summed E-state index contributed by atoms with van der Waals surface area (Å²) in [4.78, 5) is 0. The molecular weight excluding hydrogens is 262 g/mol. The molecule has 0 radical (unpaired) electrons. The van der Waals surface area contributed by atoms with E-state index in [1.807, 2.05) is 12.1 Å². The van der Waals surface area contributed by atoms with Crippen LogP contribution in [0.4, 0.5) is 5.69 Å². The monoisotopic (exact) mass is 285 g/mol. The first-order valence-corrected chi connectivity index (χ1v) is 7.78. The SMILES string of the molecule is CC(C)COc1cccc(NC2CCCc3occc32)c1. The second-order valence-electron chi connectivity index (χ2n) is 6.12. The number of rotatable bonds is 5. The molecule has 1 N–H and O–H groups in total. The first kappa shape index (κ1) is 14.1. The van der Waals surface area contributed by atoms with E-state index in [4.69, 9.17) is 9.15 Å². The van der Waals surface area contributed by atoms with Gasteiger partial charge in [-0.1, -0.05) is 19.9 Å². The van der Waals surface area contributed by atoms with Crippen molar-refractivity contribution >= 4 is 5.69 Å². The van der Waals surface area contributed by atoms with Crippen molar-refractivity contribution in [1.29, 1.82) is 0 Å². The van der Waals surface area contributed by atoms with Crippen molar-refractivity contribution < 1.29 is 9.15 Å². The van der Waals surface area contributed by atoms with Crippen LogP contribution in [0, 0.1) is 5.92 Å². The zero-order chi connectivity index (χ0) is 14.7. The van der Waals surface area contributed by atoms with Crippen molar-refractivity contribution in [1.82, 2.24) is 0 Å². The quantitative estimate of drug-likeness (QED) is 0.856. The lowest BCUT2D eigenvalue weighted by Crippen LogP contribution is -2.16. The lowest BCUT2D eigenvalue weighted by molar-refractivity contribution is 0.271. The standard InChI is InChI=1S/C18H23NO2/c1-13(2)12-21-15-6-3-5-14(11-15)19-17-7-4-8-18-16(17)9-10-20-18/h3,5-6,9-11,13,17,19H,4,7-8,12H2,1-2H3. The van der Waals surface area contributed by atoms with Gasteiger partial charge >= 0.3 is 0 Å². The number of benzene rings is 1. The maximum absolute atomic E-state index is 5.79. The summed E-state index contributed by atoms with van der Waals surface area (Å²) in [5, 5.41) is 3.61. The Morgan fingerprint density at radius 2 is 2.24 bits per heavy atom. The van der Waals surface area contributed by atoms with Crippen molar-refractivity contribution in [2.75, 3.05) is 11.9 Å². The summed E-state index contributed by atoms with van der Waals surface area (Å²) in [5.74, 6) is 2.59. The number of furan rings is 1. The molecule has 0 bridgehead atoms. The van der Waals surface area contributed by atoms with Gasteiger partial charge in [0.2, 0.25) is 0 Å². The Kier molecular flexibility index (Phi) is 4.18. The predicted octanol–water partition coefficient (Wildman–Crippen LogP) is 4.80. The van der Waals surface area contributed by atoms with E-state index in [9.17, 15) is 0 Å². The first-order chi connectivity index (χ1) is 10.2. The molecule has 3 nitrogen and oxygen atoms in total. The van der Waals surface area contributed by atoms with E-state index in [0.29, 0.717) is 12.0 Å². The Morgan fingerprint density at radius 3 is 3.10 bits per heavy atom. The predicted molar refractivity (Wildman–Crippen MR) is 84.8 cm³/mol. The highest BCUT2D eigenvalue weighted by atomic mass is 16.5. The van der Waals surface area contributed by atoms with Crippen LogP contribution in [0.2, 0.25) is 0 Å². The van der Waals surface area contributed by atoms with Crippen LogP contribution in [0.1, 0.15) is 44.1 Å². The van der Waals surface area contributed by atoms with Crippen LogP contribution in [0.3, 0.4) is 0 Å². The highest BCUT2D eigenvalue weighted by Gasteiger charge is 2.22. The van der Waals surface area contributed by atoms with Crippen LogP contribution < -0.4 is 10.1 Å². The van der Waals surface area contributed by atoms with E-state index in [0.717, 1.165) is 36.6 Å². The van der Waals surface area contributed by atoms with Gasteiger partial charge < -0.3 is 14.5 Å². The molecule has 0 fully saturated rings. The molecule has 1 atom stereocenters. The molecular formula is C18H23NO2. The third-order valence-corrected chi connectivity index (χ3v) is 3.81. The second-order valence-corrected chi connectivity index (χ2v) is 6.12. The van der Waals surface area contributed by atoms with Gasteiger partial charge in [0.25, 0.3) is 0 Å². The minimum absolute atomic E-state index is 0.341. The Balaban J connectivity index is 1.70. The summed E-state index contributed by atoms with van der Waals surface area (Å²) in [5.41, 5.74) is 2.41. The summed E-state index contributed by atoms with van der Waals surface area (Å²) in [7, 11) is 0. The van der Waals surface area contributed by atoms with Gasteiger partial charge in [-0.15, -0.1) is 0 Å². The van der Waals surface area contributed by atoms with Gasteiger partial charge in [0.15, 0.2) is 0 Å². The summed E-state index contributed by atoms with van der Waals surface area (Å²) in [6.45, 7) is 5.06. The third kappa shape index (κ3) is 3.41. The molecule has 0 spiro atoms. The average Bonchev–Trinajstić information content (AvgIpc) is 2.95. The number of aryl methyl sites for hydroxylation is 1. The molecule has 0 saturated heterocycles. The molecule has 1 unspecified atom stereocenters. The van der Waals surface area contributed by atoms with Crippen molar-refractivity contribution in [3.05, 3.63) is 47.9 Å². The average molecular weight is 285 g/mol. The second kappa shape index (κ2) is 6.25. The summed E-state index contributed by atoms with van der Waals surface area (Å²) in [6, 6.07) is 10.7. The smallest absolute Gasteiger partial charge is 0.121 e. The summed E-state index contributed by atoms with van der Waals surface area (Å²) < 4.78 is 11.3. The van der Waals surface area contributed by atoms with Gasteiger partial charge in [0.1, 0.15) is 11.5 Å². The molecule has 21 heavy (non-hydrogen) atoms. The molecule has 2 aromatic rings. The van der Waals surface area contributed by atoms with E-state index in [2.05, 4.69) is 37.4 Å². The molecule has 0 aliphatic heterocycles. The van der Waals surface area contributed by atoms with Gasteiger partial charge in [-0.05, 0) is 37.0 Å². The van der Waals surface area contributed by atoms with Gasteiger partial charge in [0.05, 0.1) is 18.9 Å². The van der Waals surface area contributed by atoms with Crippen molar-refractivity contribution in [2.24, 2.45) is 5.92 Å². The van der Waals surface area contributed by atoms with E-state index >= 15 is 0 Å². The number of hydrogen-bond donors (Lipinski definition) is 1. The van der Waals surface area contributed by atoms with E-state index in [1.165, 1.54) is 12.0 Å². The normalized spacial score (nSPS) is 17.6. The molecule has 3 heteroatoms. The van der Waals surface area contributed by atoms with Gasteiger partial charge in [0, 0.05) is 23.7 Å². The molecule has 0 amide bonds. The molecule has 1 aliphatic rings. The van der Waals surface area contributed by atoms with Crippen LogP contribution in [0.15, 0.2) is 41.0 Å².